The fraction of sp³-hybridized carbons (Fsp3) is 0. The molecule has 0 aliphatic heterocycles. The standard InChI is InChI=1S/C55H36N2O/c1-4-15-37(16-5-1)41-30-32-52(50(35-41)44-28-27-38-17-10-11-20-40(38)33-44)57(45-22-8-3-9-23-45)51-26-14-21-42-34-43(29-31-46(42)51)49-36-53-54(48-25-13-12-24-47(48)49)56-55(58-53)39-18-6-2-7-19-39/h1-36H. The van der Waals surface area contributed by atoms with Crippen LogP contribution in [-0.4, -0.2) is 4.98 Å². The van der Waals surface area contributed by atoms with Crippen LogP contribution in [0.2, 0.25) is 0 Å². The van der Waals surface area contributed by atoms with E-state index in [4.69, 9.17) is 9.40 Å². The highest BCUT2D eigenvalue weighted by Crippen LogP contribution is 2.46. The number of fused-ring (bicyclic) bond motifs is 5. The molecular formula is C55H36N2O. The van der Waals surface area contributed by atoms with E-state index in [2.05, 4.69) is 193 Å². The van der Waals surface area contributed by atoms with Crippen molar-refractivity contribution in [2.24, 2.45) is 0 Å². The van der Waals surface area contributed by atoms with Gasteiger partial charge in [-0.2, -0.15) is 0 Å². The predicted octanol–water partition coefficient (Wildman–Crippen LogP) is 15.4. The first-order valence-corrected chi connectivity index (χ1v) is 19.7. The van der Waals surface area contributed by atoms with Gasteiger partial charge in [0.15, 0.2) is 5.58 Å². The molecule has 0 bridgehead atoms. The molecule has 0 saturated carbocycles. The topological polar surface area (TPSA) is 29.3 Å². The van der Waals surface area contributed by atoms with E-state index in [9.17, 15) is 0 Å². The molecule has 58 heavy (non-hydrogen) atoms. The molecule has 0 atom stereocenters. The molecule has 0 unspecified atom stereocenters. The lowest BCUT2D eigenvalue weighted by Gasteiger charge is -2.29. The van der Waals surface area contributed by atoms with Gasteiger partial charge in [-0.1, -0.05) is 158 Å². The normalized spacial score (nSPS) is 11.4. The zero-order chi connectivity index (χ0) is 38.4. The van der Waals surface area contributed by atoms with E-state index < -0.39 is 0 Å². The van der Waals surface area contributed by atoms with E-state index in [0.29, 0.717) is 5.89 Å². The average molecular weight is 741 g/mol. The van der Waals surface area contributed by atoms with Crippen LogP contribution in [-0.2, 0) is 0 Å². The summed E-state index contributed by atoms with van der Waals surface area (Å²) in [5.41, 5.74) is 12.8. The monoisotopic (exact) mass is 740 g/mol. The summed E-state index contributed by atoms with van der Waals surface area (Å²) in [6.45, 7) is 0. The fourth-order valence-corrected chi connectivity index (χ4v) is 8.44. The maximum atomic E-state index is 6.45. The minimum Gasteiger partial charge on any atom is -0.436 e. The molecule has 11 aromatic rings. The Morgan fingerprint density at radius 3 is 1.78 bits per heavy atom. The van der Waals surface area contributed by atoms with E-state index in [0.717, 1.165) is 72.0 Å². The lowest BCUT2D eigenvalue weighted by Crippen LogP contribution is -2.12. The molecule has 11 rings (SSSR count). The third kappa shape index (κ3) is 5.89. The Bertz CT molecular complexity index is 3280. The number of benzene rings is 10. The van der Waals surface area contributed by atoms with Crippen LogP contribution in [0.1, 0.15) is 0 Å². The number of aromatic nitrogens is 1. The lowest BCUT2D eigenvalue weighted by atomic mass is 9.93. The first-order chi connectivity index (χ1) is 28.7. The highest BCUT2D eigenvalue weighted by molar-refractivity contribution is 6.12. The minimum atomic E-state index is 0.627. The molecular weight excluding hydrogens is 705 g/mol. The second kappa shape index (κ2) is 14.1. The largest absolute Gasteiger partial charge is 0.436 e. The maximum Gasteiger partial charge on any atom is 0.227 e. The van der Waals surface area contributed by atoms with Crippen molar-refractivity contribution in [3.63, 3.8) is 0 Å². The van der Waals surface area contributed by atoms with Crippen LogP contribution in [0.25, 0.3) is 88.3 Å². The molecule has 0 radical (unpaired) electrons. The highest BCUT2D eigenvalue weighted by atomic mass is 16.3. The molecule has 3 nitrogen and oxygen atoms in total. The van der Waals surface area contributed by atoms with Gasteiger partial charge in [-0.05, 0) is 110 Å². The Balaban J connectivity index is 1.10. The minimum absolute atomic E-state index is 0.627. The predicted molar refractivity (Wildman–Crippen MR) is 243 cm³/mol. The van der Waals surface area contributed by atoms with Gasteiger partial charge in [0.05, 0.1) is 11.4 Å². The number of hydrogen-bond acceptors (Lipinski definition) is 3. The maximum absolute atomic E-state index is 6.45. The Kier molecular flexibility index (Phi) is 8.15. The summed E-state index contributed by atoms with van der Waals surface area (Å²) in [6.07, 6.45) is 0. The van der Waals surface area contributed by atoms with Crippen molar-refractivity contribution in [2.75, 3.05) is 4.90 Å². The van der Waals surface area contributed by atoms with Crippen LogP contribution in [0.15, 0.2) is 223 Å². The number of hydrogen-bond donors (Lipinski definition) is 0. The van der Waals surface area contributed by atoms with Crippen LogP contribution in [0.4, 0.5) is 17.1 Å². The molecule has 0 aliphatic carbocycles. The molecule has 0 fully saturated rings. The third-order valence-corrected chi connectivity index (χ3v) is 11.3. The van der Waals surface area contributed by atoms with Gasteiger partial charge in [-0.15, -0.1) is 0 Å². The summed E-state index contributed by atoms with van der Waals surface area (Å²) in [5, 5.41) is 6.96. The van der Waals surface area contributed by atoms with E-state index in [-0.39, 0.29) is 0 Å². The Morgan fingerprint density at radius 2 is 0.966 bits per heavy atom. The van der Waals surface area contributed by atoms with E-state index in [1.54, 1.807) is 0 Å². The van der Waals surface area contributed by atoms with E-state index in [1.807, 2.05) is 30.3 Å². The van der Waals surface area contributed by atoms with Crippen molar-refractivity contribution in [3.8, 4) is 44.8 Å². The van der Waals surface area contributed by atoms with Gasteiger partial charge in [0.25, 0.3) is 0 Å². The van der Waals surface area contributed by atoms with Gasteiger partial charge in [0, 0.05) is 27.6 Å². The fourth-order valence-electron chi connectivity index (χ4n) is 8.44. The number of oxazole rings is 1. The van der Waals surface area contributed by atoms with Gasteiger partial charge in [-0.25, -0.2) is 4.98 Å². The van der Waals surface area contributed by atoms with Gasteiger partial charge >= 0.3 is 0 Å². The summed E-state index contributed by atoms with van der Waals surface area (Å²) in [5.74, 6) is 0.627. The smallest absolute Gasteiger partial charge is 0.227 e. The van der Waals surface area contributed by atoms with Crippen molar-refractivity contribution in [3.05, 3.63) is 218 Å². The lowest BCUT2D eigenvalue weighted by molar-refractivity contribution is 0.620. The average Bonchev–Trinajstić information content (AvgIpc) is 3.74. The Morgan fingerprint density at radius 1 is 0.345 bits per heavy atom. The molecule has 3 heteroatoms. The molecule has 0 N–H and O–H groups in total. The van der Waals surface area contributed by atoms with Gasteiger partial charge < -0.3 is 9.32 Å². The van der Waals surface area contributed by atoms with Gasteiger partial charge in [0.1, 0.15) is 5.52 Å². The van der Waals surface area contributed by atoms with Crippen LogP contribution < -0.4 is 4.90 Å². The summed E-state index contributed by atoms with van der Waals surface area (Å²) in [7, 11) is 0. The molecule has 0 aliphatic rings. The van der Waals surface area contributed by atoms with Crippen molar-refractivity contribution in [1.82, 2.24) is 4.98 Å². The quantitative estimate of drug-likeness (QED) is 0.163. The summed E-state index contributed by atoms with van der Waals surface area (Å²) in [4.78, 5) is 7.40. The van der Waals surface area contributed by atoms with Gasteiger partial charge in [-0.3, -0.25) is 0 Å². The van der Waals surface area contributed by atoms with Crippen LogP contribution >= 0.6 is 0 Å². The van der Waals surface area contributed by atoms with E-state index in [1.165, 1.54) is 27.5 Å². The Labute approximate surface area is 336 Å². The highest BCUT2D eigenvalue weighted by Gasteiger charge is 2.21. The molecule has 0 spiro atoms. The molecule has 0 amide bonds. The van der Waals surface area contributed by atoms with Crippen molar-refractivity contribution in [1.29, 1.82) is 0 Å². The van der Waals surface area contributed by atoms with Crippen LogP contribution in [0, 0.1) is 0 Å². The number of nitrogens with zero attached hydrogens (tertiary/aromatic N) is 2. The number of para-hydroxylation sites is 1. The summed E-state index contributed by atoms with van der Waals surface area (Å²) >= 11 is 0. The zero-order valence-corrected chi connectivity index (χ0v) is 31.6. The molecule has 272 valence electrons. The van der Waals surface area contributed by atoms with Crippen molar-refractivity contribution >= 4 is 60.5 Å². The molecule has 1 heterocycles. The van der Waals surface area contributed by atoms with Crippen molar-refractivity contribution < 1.29 is 4.42 Å². The Hall–Kier alpha value is -7.75. The third-order valence-electron chi connectivity index (χ3n) is 11.3. The molecule has 1 aromatic heterocycles. The second-order valence-electron chi connectivity index (χ2n) is 14.7. The van der Waals surface area contributed by atoms with Crippen molar-refractivity contribution in [2.45, 2.75) is 0 Å². The van der Waals surface area contributed by atoms with E-state index >= 15 is 0 Å². The van der Waals surface area contributed by atoms with Crippen LogP contribution in [0.5, 0.6) is 0 Å². The first kappa shape index (κ1) is 33.6. The molecule has 10 aromatic carbocycles. The first-order valence-electron chi connectivity index (χ1n) is 19.7. The SMILES string of the molecule is c1ccc(-c2ccc(N(c3ccccc3)c3cccc4cc(-c5cc6oc(-c7ccccc7)nc6c6ccccc56)ccc34)c(-c3ccc4ccccc4c3)c2)cc1. The summed E-state index contributed by atoms with van der Waals surface area (Å²) in [6, 6.07) is 77.9. The molecule has 0 saturated heterocycles. The second-order valence-corrected chi connectivity index (χ2v) is 14.7. The number of anilines is 3. The van der Waals surface area contributed by atoms with Crippen LogP contribution in [0.3, 0.4) is 0 Å². The number of rotatable bonds is 7. The summed E-state index contributed by atoms with van der Waals surface area (Å²) < 4.78 is 6.45. The van der Waals surface area contributed by atoms with Gasteiger partial charge in [0.2, 0.25) is 5.89 Å². The zero-order valence-electron chi connectivity index (χ0n) is 31.6.